The van der Waals surface area contributed by atoms with E-state index in [1.807, 2.05) is 19.1 Å². The molecule has 3 N–H and O–H groups in total. The van der Waals surface area contributed by atoms with Crippen LogP contribution in [0.4, 0.5) is 5.82 Å². The van der Waals surface area contributed by atoms with E-state index in [0.29, 0.717) is 0 Å². The Balaban J connectivity index is 2.06. The molecule has 1 unspecified atom stereocenters. The van der Waals surface area contributed by atoms with Crippen LogP contribution in [0.25, 0.3) is 0 Å². The fourth-order valence-corrected chi connectivity index (χ4v) is 1.47. The summed E-state index contributed by atoms with van der Waals surface area (Å²) in [6.07, 6.45) is 3.36. The Labute approximate surface area is 104 Å². The molecule has 0 spiro atoms. The van der Waals surface area contributed by atoms with Gasteiger partial charge in [-0.05, 0) is 36.8 Å². The number of carbonyl (C=O) groups is 1. The molecule has 0 radical (unpaired) electrons. The van der Waals surface area contributed by atoms with Gasteiger partial charge in [0.2, 0.25) is 0 Å². The van der Waals surface area contributed by atoms with Crippen molar-refractivity contribution in [2.75, 3.05) is 5.73 Å². The maximum Gasteiger partial charge on any atom is 0.272 e. The Hall–Kier alpha value is -2.50. The molecule has 2 rings (SSSR count). The first kappa shape index (κ1) is 12.0. The molecule has 0 aromatic carbocycles. The number of anilines is 1. The number of nitrogens with zero attached hydrogens (tertiary/aromatic N) is 3. The Morgan fingerprint density at radius 1 is 1.22 bits per heavy atom. The fraction of sp³-hybridized carbons (Fsp3) is 0.167. The number of hydrogen-bond acceptors (Lipinski definition) is 5. The molecule has 0 aliphatic heterocycles. The number of amides is 1. The molecule has 18 heavy (non-hydrogen) atoms. The Bertz CT molecular complexity index is 526. The molecular weight excluding hydrogens is 230 g/mol. The van der Waals surface area contributed by atoms with Crippen molar-refractivity contribution in [1.29, 1.82) is 0 Å². The summed E-state index contributed by atoms with van der Waals surface area (Å²) in [4.78, 5) is 15.8. The number of pyridine rings is 1. The summed E-state index contributed by atoms with van der Waals surface area (Å²) in [5, 5.41) is 10.2. The molecule has 0 saturated heterocycles. The second kappa shape index (κ2) is 5.22. The maximum absolute atomic E-state index is 11.9. The molecule has 2 heterocycles. The summed E-state index contributed by atoms with van der Waals surface area (Å²) in [7, 11) is 0. The highest BCUT2D eigenvalue weighted by molar-refractivity contribution is 5.92. The van der Waals surface area contributed by atoms with Crippen molar-refractivity contribution in [1.82, 2.24) is 20.5 Å². The molecule has 92 valence electrons. The van der Waals surface area contributed by atoms with Crippen molar-refractivity contribution in [2.45, 2.75) is 13.0 Å². The number of nitrogens with two attached hydrogens (primary N) is 1. The zero-order chi connectivity index (χ0) is 13.0. The third kappa shape index (κ3) is 2.79. The second-order valence-corrected chi connectivity index (χ2v) is 3.82. The van der Waals surface area contributed by atoms with E-state index in [-0.39, 0.29) is 23.5 Å². The molecule has 1 amide bonds. The van der Waals surface area contributed by atoms with Crippen LogP contribution in [0, 0.1) is 0 Å². The van der Waals surface area contributed by atoms with Gasteiger partial charge in [0.1, 0.15) is 5.82 Å². The Morgan fingerprint density at radius 2 is 1.94 bits per heavy atom. The van der Waals surface area contributed by atoms with Crippen LogP contribution in [-0.2, 0) is 0 Å². The van der Waals surface area contributed by atoms with Gasteiger partial charge in [-0.2, -0.15) is 0 Å². The maximum atomic E-state index is 11.9. The lowest BCUT2D eigenvalue weighted by molar-refractivity contribution is 0.0934. The standard InChI is InChI=1S/C12H13N5O/c1-8(9-4-6-14-7-5-9)15-12(18)10-2-3-11(13)17-16-10/h2-8H,1H3,(H2,13,17)(H,15,18). The van der Waals surface area contributed by atoms with Crippen LogP contribution >= 0.6 is 0 Å². The normalized spacial score (nSPS) is 11.8. The summed E-state index contributed by atoms with van der Waals surface area (Å²) >= 11 is 0. The Morgan fingerprint density at radius 3 is 2.56 bits per heavy atom. The van der Waals surface area contributed by atoms with Crippen molar-refractivity contribution < 1.29 is 4.79 Å². The second-order valence-electron chi connectivity index (χ2n) is 3.82. The first-order chi connectivity index (χ1) is 8.66. The summed E-state index contributed by atoms with van der Waals surface area (Å²) in [5.74, 6) is 0.000504. The van der Waals surface area contributed by atoms with Gasteiger partial charge in [0.25, 0.3) is 5.91 Å². The third-order valence-corrected chi connectivity index (χ3v) is 2.47. The van der Waals surface area contributed by atoms with E-state index in [9.17, 15) is 4.79 Å². The van der Waals surface area contributed by atoms with E-state index < -0.39 is 0 Å². The SMILES string of the molecule is CC(NC(=O)c1ccc(N)nn1)c1ccncc1. The smallest absolute Gasteiger partial charge is 0.272 e. The van der Waals surface area contributed by atoms with E-state index in [1.54, 1.807) is 18.5 Å². The zero-order valence-electron chi connectivity index (χ0n) is 9.87. The quantitative estimate of drug-likeness (QED) is 0.836. The lowest BCUT2D eigenvalue weighted by atomic mass is 10.1. The number of hydrogen-bond donors (Lipinski definition) is 2. The van der Waals surface area contributed by atoms with Gasteiger partial charge in [-0.1, -0.05) is 0 Å². The largest absolute Gasteiger partial charge is 0.382 e. The predicted octanol–water partition coefficient (Wildman–Crippen LogP) is 0.945. The average Bonchev–Trinajstić information content (AvgIpc) is 2.40. The van der Waals surface area contributed by atoms with Gasteiger partial charge in [-0.3, -0.25) is 9.78 Å². The van der Waals surface area contributed by atoms with Crippen LogP contribution in [0.5, 0.6) is 0 Å². The predicted molar refractivity (Wildman–Crippen MR) is 66.6 cm³/mol. The number of rotatable bonds is 3. The van der Waals surface area contributed by atoms with Gasteiger partial charge < -0.3 is 11.1 Å². The van der Waals surface area contributed by atoms with Crippen molar-refractivity contribution in [3.05, 3.63) is 47.9 Å². The first-order valence-corrected chi connectivity index (χ1v) is 5.47. The summed E-state index contributed by atoms with van der Waals surface area (Å²) < 4.78 is 0. The summed E-state index contributed by atoms with van der Waals surface area (Å²) in [6.45, 7) is 1.89. The molecule has 0 bridgehead atoms. The summed E-state index contributed by atoms with van der Waals surface area (Å²) in [6, 6.07) is 6.65. The van der Waals surface area contributed by atoms with Gasteiger partial charge in [0.15, 0.2) is 5.69 Å². The van der Waals surface area contributed by atoms with Gasteiger partial charge >= 0.3 is 0 Å². The number of nitrogens with one attached hydrogen (secondary N) is 1. The van der Waals surface area contributed by atoms with Crippen LogP contribution < -0.4 is 11.1 Å². The molecule has 0 aliphatic rings. The monoisotopic (exact) mass is 243 g/mol. The summed E-state index contributed by atoms with van der Waals surface area (Å²) in [5.41, 5.74) is 6.62. The van der Waals surface area contributed by atoms with Crippen molar-refractivity contribution in [3.8, 4) is 0 Å². The molecule has 1 atom stereocenters. The number of aromatic nitrogens is 3. The third-order valence-electron chi connectivity index (χ3n) is 2.47. The highest BCUT2D eigenvalue weighted by Crippen LogP contribution is 2.10. The van der Waals surface area contributed by atoms with Gasteiger partial charge in [0, 0.05) is 12.4 Å². The van der Waals surface area contributed by atoms with Crippen molar-refractivity contribution in [2.24, 2.45) is 0 Å². The molecule has 0 saturated carbocycles. The Kier molecular flexibility index (Phi) is 3.47. The van der Waals surface area contributed by atoms with E-state index in [2.05, 4.69) is 20.5 Å². The van der Waals surface area contributed by atoms with Gasteiger partial charge in [0.05, 0.1) is 6.04 Å². The number of carbonyl (C=O) groups excluding carboxylic acids is 1. The molecular formula is C12H13N5O. The lowest BCUT2D eigenvalue weighted by Gasteiger charge is -2.13. The highest BCUT2D eigenvalue weighted by atomic mass is 16.2. The molecule has 0 aliphatic carbocycles. The van der Waals surface area contributed by atoms with E-state index in [4.69, 9.17) is 5.73 Å². The fourth-order valence-electron chi connectivity index (χ4n) is 1.47. The lowest BCUT2D eigenvalue weighted by Crippen LogP contribution is -2.27. The van der Waals surface area contributed by atoms with Crippen LogP contribution in [0.2, 0.25) is 0 Å². The average molecular weight is 243 g/mol. The van der Waals surface area contributed by atoms with Gasteiger partial charge in [-0.25, -0.2) is 0 Å². The van der Waals surface area contributed by atoms with Crippen LogP contribution in [0.3, 0.4) is 0 Å². The van der Waals surface area contributed by atoms with Crippen molar-refractivity contribution in [3.63, 3.8) is 0 Å². The van der Waals surface area contributed by atoms with Crippen molar-refractivity contribution >= 4 is 11.7 Å². The molecule has 2 aromatic rings. The van der Waals surface area contributed by atoms with E-state index >= 15 is 0 Å². The molecule has 6 nitrogen and oxygen atoms in total. The molecule has 2 aromatic heterocycles. The zero-order valence-corrected chi connectivity index (χ0v) is 9.87. The number of nitrogen functional groups attached to an aromatic ring is 1. The molecule has 0 fully saturated rings. The minimum absolute atomic E-state index is 0.125. The van der Waals surface area contributed by atoms with Gasteiger partial charge in [-0.15, -0.1) is 10.2 Å². The van der Waals surface area contributed by atoms with Crippen LogP contribution in [-0.4, -0.2) is 21.1 Å². The van der Waals surface area contributed by atoms with Crippen LogP contribution in [0.15, 0.2) is 36.7 Å². The molecule has 6 heteroatoms. The topological polar surface area (TPSA) is 93.8 Å². The highest BCUT2D eigenvalue weighted by Gasteiger charge is 2.12. The van der Waals surface area contributed by atoms with Crippen LogP contribution in [0.1, 0.15) is 29.0 Å². The van der Waals surface area contributed by atoms with E-state index in [1.165, 1.54) is 6.07 Å². The minimum atomic E-state index is -0.285. The first-order valence-electron chi connectivity index (χ1n) is 5.47. The van der Waals surface area contributed by atoms with E-state index in [0.717, 1.165) is 5.56 Å². The minimum Gasteiger partial charge on any atom is -0.382 e.